The average Bonchev–Trinajstić information content (AvgIpc) is 2.95. The molecule has 1 saturated heterocycles. The average molecular weight is 289 g/mol. The second kappa shape index (κ2) is 5.87. The van der Waals surface area contributed by atoms with Crippen LogP contribution in [0, 0.1) is 5.92 Å². The van der Waals surface area contributed by atoms with Crippen LogP contribution in [0.5, 0.6) is 0 Å². The zero-order valence-electron chi connectivity index (χ0n) is 12.7. The molecule has 114 valence electrons. The molecule has 0 bridgehead atoms. The first-order chi connectivity index (χ1) is 10.2. The Morgan fingerprint density at radius 2 is 2.14 bits per heavy atom. The summed E-state index contributed by atoms with van der Waals surface area (Å²) in [4.78, 5) is 24.8. The van der Waals surface area contributed by atoms with Gasteiger partial charge in [-0.3, -0.25) is 0 Å². The summed E-state index contributed by atoms with van der Waals surface area (Å²) in [5.74, 6) is 1.43. The van der Waals surface area contributed by atoms with Gasteiger partial charge in [0.2, 0.25) is 0 Å². The zero-order chi connectivity index (χ0) is 14.8. The number of fused-ring (bicyclic) bond motifs is 1. The largest absolute Gasteiger partial charge is 0.361 e. The molecule has 0 spiro atoms. The van der Waals surface area contributed by atoms with Gasteiger partial charge in [-0.25, -0.2) is 14.8 Å². The standard InChI is InChI=1S/C15H23N5O/c1-19(2)14-12(9-16-10-17-14)18-15(21)20-8-4-6-11-5-3-7-13(11)20/h9-11,13H,3-8H2,1-2H3,(H,18,21)/t11-,13+/m0/s1. The van der Waals surface area contributed by atoms with Gasteiger partial charge in [0.1, 0.15) is 12.0 Å². The van der Waals surface area contributed by atoms with E-state index in [0.29, 0.717) is 17.6 Å². The number of carbonyl (C=O) groups is 1. The maximum Gasteiger partial charge on any atom is 0.322 e. The van der Waals surface area contributed by atoms with Crippen molar-refractivity contribution < 1.29 is 4.79 Å². The summed E-state index contributed by atoms with van der Waals surface area (Å²) in [6.07, 6.45) is 9.20. The molecule has 2 aliphatic rings. The van der Waals surface area contributed by atoms with E-state index in [1.165, 1.54) is 25.6 Å². The second-order valence-corrected chi connectivity index (χ2v) is 6.18. The molecule has 2 amide bonds. The van der Waals surface area contributed by atoms with Crippen molar-refractivity contribution in [3.8, 4) is 0 Å². The van der Waals surface area contributed by atoms with E-state index in [0.717, 1.165) is 25.2 Å². The smallest absolute Gasteiger partial charge is 0.322 e. The summed E-state index contributed by atoms with van der Waals surface area (Å²) in [6.45, 7) is 0.859. The molecule has 0 aromatic carbocycles. The third-order valence-corrected chi connectivity index (χ3v) is 4.61. The Balaban J connectivity index is 1.74. The molecule has 1 aromatic heterocycles. The summed E-state index contributed by atoms with van der Waals surface area (Å²) < 4.78 is 0. The summed E-state index contributed by atoms with van der Waals surface area (Å²) in [5.41, 5.74) is 0.674. The number of hydrogen-bond acceptors (Lipinski definition) is 4. The van der Waals surface area contributed by atoms with Crippen LogP contribution in [-0.2, 0) is 0 Å². The maximum absolute atomic E-state index is 12.6. The van der Waals surface area contributed by atoms with Crippen molar-refractivity contribution in [2.75, 3.05) is 30.9 Å². The first-order valence-electron chi connectivity index (χ1n) is 7.72. The van der Waals surface area contributed by atoms with Gasteiger partial charge in [0, 0.05) is 26.7 Å². The Morgan fingerprint density at radius 1 is 1.33 bits per heavy atom. The van der Waals surface area contributed by atoms with Gasteiger partial charge in [0.25, 0.3) is 0 Å². The highest BCUT2D eigenvalue weighted by atomic mass is 16.2. The van der Waals surface area contributed by atoms with Crippen LogP contribution in [-0.4, -0.2) is 47.6 Å². The van der Waals surface area contributed by atoms with Gasteiger partial charge in [0.05, 0.1) is 6.20 Å². The summed E-state index contributed by atoms with van der Waals surface area (Å²) in [6, 6.07) is 0.413. The zero-order valence-corrected chi connectivity index (χ0v) is 12.7. The number of nitrogens with zero attached hydrogens (tertiary/aromatic N) is 4. The summed E-state index contributed by atoms with van der Waals surface area (Å²) in [5, 5.41) is 2.99. The molecule has 3 rings (SSSR count). The molecule has 2 heterocycles. The molecule has 0 unspecified atom stereocenters. The molecule has 2 fully saturated rings. The van der Waals surface area contributed by atoms with Crippen LogP contribution in [0.3, 0.4) is 0 Å². The van der Waals surface area contributed by atoms with Crippen LogP contribution < -0.4 is 10.2 Å². The normalized spacial score (nSPS) is 24.6. The topological polar surface area (TPSA) is 61.4 Å². The molecular formula is C15H23N5O. The summed E-state index contributed by atoms with van der Waals surface area (Å²) in [7, 11) is 3.82. The van der Waals surface area contributed by atoms with E-state index < -0.39 is 0 Å². The molecule has 1 saturated carbocycles. The molecule has 1 aliphatic heterocycles. The lowest BCUT2D eigenvalue weighted by atomic mass is 9.92. The second-order valence-electron chi connectivity index (χ2n) is 6.18. The van der Waals surface area contributed by atoms with Crippen molar-refractivity contribution >= 4 is 17.5 Å². The monoisotopic (exact) mass is 289 g/mol. The van der Waals surface area contributed by atoms with Crippen molar-refractivity contribution in [3.63, 3.8) is 0 Å². The minimum atomic E-state index is -0.00972. The van der Waals surface area contributed by atoms with Gasteiger partial charge in [-0.15, -0.1) is 0 Å². The SMILES string of the molecule is CN(C)c1ncncc1NC(=O)N1CCC[C@@H]2CCC[C@H]21. The quantitative estimate of drug-likeness (QED) is 0.907. The predicted molar refractivity (Wildman–Crippen MR) is 82.4 cm³/mol. The fourth-order valence-electron chi connectivity index (χ4n) is 3.66. The highest BCUT2D eigenvalue weighted by Gasteiger charge is 2.37. The minimum Gasteiger partial charge on any atom is -0.361 e. The van der Waals surface area contributed by atoms with Crippen molar-refractivity contribution in [1.29, 1.82) is 0 Å². The number of carbonyl (C=O) groups excluding carboxylic acids is 1. The van der Waals surface area contributed by atoms with E-state index >= 15 is 0 Å². The minimum absolute atomic E-state index is 0.00972. The molecule has 2 atom stereocenters. The summed E-state index contributed by atoms with van der Waals surface area (Å²) >= 11 is 0. The van der Waals surface area contributed by atoms with Crippen LogP contribution in [0.4, 0.5) is 16.3 Å². The maximum atomic E-state index is 12.6. The van der Waals surface area contributed by atoms with Gasteiger partial charge < -0.3 is 15.1 Å². The highest BCUT2D eigenvalue weighted by Crippen LogP contribution is 2.37. The molecule has 1 N–H and O–H groups in total. The lowest BCUT2D eigenvalue weighted by Crippen LogP contribution is -2.48. The molecule has 6 heteroatoms. The van der Waals surface area contributed by atoms with Crippen molar-refractivity contribution in [2.45, 2.75) is 38.1 Å². The van der Waals surface area contributed by atoms with Crippen molar-refractivity contribution in [2.24, 2.45) is 5.92 Å². The predicted octanol–water partition coefficient (Wildman–Crippen LogP) is 2.34. The Labute approximate surface area is 125 Å². The molecule has 21 heavy (non-hydrogen) atoms. The Bertz CT molecular complexity index is 519. The van der Waals surface area contributed by atoms with Crippen LogP contribution in [0.2, 0.25) is 0 Å². The van der Waals surface area contributed by atoms with Crippen LogP contribution >= 0.6 is 0 Å². The third kappa shape index (κ3) is 2.80. The number of hydrogen-bond donors (Lipinski definition) is 1. The Hall–Kier alpha value is -1.85. The number of aromatic nitrogens is 2. The first kappa shape index (κ1) is 14.1. The van der Waals surface area contributed by atoms with Gasteiger partial charge >= 0.3 is 6.03 Å². The van der Waals surface area contributed by atoms with E-state index in [-0.39, 0.29) is 6.03 Å². The number of rotatable bonds is 2. The number of amides is 2. The Kier molecular flexibility index (Phi) is 3.94. The Morgan fingerprint density at radius 3 is 2.95 bits per heavy atom. The number of nitrogens with one attached hydrogen (secondary N) is 1. The van der Waals surface area contributed by atoms with Crippen molar-refractivity contribution in [3.05, 3.63) is 12.5 Å². The third-order valence-electron chi connectivity index (χ3n) is 4.61. The van der Waals surface area contributed by atoms with E-state index in [9.17, 15) is 4.79 Å². The van der Waals surface area contributed by atoms with E-state index in [2.05, 4.69) is 15.3 Å². The lowest BCUT2D eigenvalue weighted by Gasteiger charge is -2.37. The number of urea groups is 1. The van der Waals surface area contributed by atoms with Gasteiger partial charge in [-0.1, -0.05) is 6.42 Å². The first-order valence-corrected chi connectivity index (χ1v) is 7.72. The van der Waals surface area contributed by atoms with Crippen molar-refractivity contribution in [1.82, 2.24) is 14.9 Å². The highest BCUT2D eigenvalue weighted by molar-refractivity contribution is 5.92. The van der Waals surface area contributed by atoms with Gasteiger partial charge in [0.15, 0.2) is 5.82 Å². The van der Waals surface area contributed by atoms with Crippen LogP contribution in [0.1, 0.15) is 32.1 Å². The molecule has 1 aliphatic carbocycles. The van der Waals surface area contributed by atoms with Crippen LogP contribution in [0.25, 0.3) is 0 Å². The van der Waals surface area contributed by atoms with E-state index in [1.54, 1.807) is 6.20 Å². The van der Waals surface area contributed by atoms with E-state index in [4.69, 9.17) is 0 Å². The molecule has 6 nitrogen and oxygen atoms in total. The van der Waals surface area contributed by atoms with Gasteiger partial charge in [-0.2, -0.15) is 0 Å². The number of likely N-dealkylation sites (tertiary alicyclic amines) is 1. The van der Waals surface area contributed by atoms with Gasteiger partial charge in [-0.05, 0) is 31.6 Å². The van der Waals surface area contributed by atoms with E-state index in [1.807, 2.05) is 23.9 Å². The number of anilines is 2. The number of piperidine rings is 1. The fourth-order valence-corrected chi connectivity index (χ4v) is 3.66. The lowest BCUT2D eigenvalue weighted by molar-refractivity contribution is 0.138. The fraction of sp³-hybridized carbons (Fsp3) is 0.667. The van der Waals surface area contributed by atoms with Crippen LogP contribution in [0.15, 0.2) is 12.5 Å². The molecule has 0 radical (unpaired) electrons. The molecular weight excluding hydrogens is 266 g/mol. The molecule has 1 aromatic rings.